The first kappa shape index (κ1) is 12.9. The molecule has 0 radical (unpaired) electrons. The van der Waals surface area contributed by atoms with Crippen LogP contribution in [0.2, 0.25) is 0 Å². The number of hydrogen-bond donors (Lipinski definition) is 0. The zero-order valence-electron chi connectivity index (χ0n) is 12.0. The van der Waals surface area contributed by atoms with Crippen molar-refractivity contribution in [2.45, 2.75) is 26.7 Å². The maximum atomic E-state index is 11.9. The molecule has 2 aromatic rings. The van der Waals surface area contributed by atoms with Crippen LogP contribution in [0.1, 0.15) is 24.5 Å². The molecule has 2 heteroatoms. The molecule has 0 saturated carbocycles. The molecule has 1 heterocycles. The highest BCUT2D eigenvalue weighted by Gasteiger charge is 2.23. The molecule has 1 aliphatic heterocycles. The Hall–Kier alpha value is -2.09. The van der Waals surface area contributed by atoms with Gasteiger partial charge >= 0.3 is 0 Å². The Morgan fingerprint density at radius 3 is 2.70 bits per heavy atom. The van der Waals surface area contributed by atoms with E-state index in [1.807, 2.05) is 4.90 Å². The highest BCUT2D eigenvalue weighted by Crippen LogP contribution is 2.37. The lowest BCUT2D eigenvalue weighted by atomic mass is 9.93. The second-order valence-electron chi connectivity index (χ2n) is 5.46. The second-order valence-corrected chi connectivity index (χ2v) is 5.46. The predicted molar refractivity (Wildman–Crippen MR) is 83.0 cm³/mol. The predicted octanol–water partition coefficient (Wildman–Crippen LogP) is 3.96. The molecule has 1 aliphatic rings. The fourth-order valence-electron chi connectivity index (χ4n) is 3.01. The van der Waals surface area contributed by atoms with Crippen LogP contribution in [-0.4, -0.2) is 12.5 Å². The van der Waals surface area contributed by atoms with Crippen molar-refractivity contribution >= 4 is 11.6 Å². The first-order chi connectivity index (χ1) is 9.66. The third-order valence-corrected chi connectivity index (χ3v) is 3.93. The van der Waals surface area contributed by atoms with E-state index < -0.39 is 0 Å². The number of carbonyl (C=O) groups is 1. The molecule has 102 valence electrons. The van der Waals surface area contributed by atoms with Crippen LogP contribution in [0, 0.1) is 6.92 Å². The molecule has 0 aromatic heterocycles. The molecule has 1 amide bonds. The monoisotopic (exact) mass is 265 g/mol. The standard InChI is InChI=1S/C18H19NO/c1-13-6-3-8-16(12-13)17-10-4-7-15-9-5-11-19(14(2)20)18(15)17/h3-4,6-8,10,12H,5,9,11H2,1-2H3. The van der Waals surface area contributed by atoms with Gasteiger partial charge in [-0.1, -0.05) is 48.0 Å². The zero-order chi connectivity index (χ0) is 14.1. The van der Waals surface area contributed by atoms with Gasteiger partial charge in [0.2, 0.25) is 5.91 Å². The molecule has 0 N–H and O–H groups in total. The Bertz CT molecular complexity index is 660. The first-order valence-electron chi connectivity index (χ1n) is 7.14. The molecule has 0 saturated heterocycles. The number of aryl methyl sites for hydroxylation is 2. The number of carbonyl (C=O) groups excluding carboxylic acids is 1. The number of nitrogens with zero attached hydrogens (tertiary/aromatic N) is 1. The Labute approximate surface area is 120 Å². The number of rotatable bonds is 1. The van der Waals surface area contributed by atoms with Crippen LogP contribution in [0.15, 0.2) is 42.5 Å². The van der Waals surface area contributed by atoms with Crippen LogP contribution >= 0.6 is 0 Å². The van der Waals surface area contributed by atoms with Crippen LogP contribution in [-0.2, 0) is 11.2 Å². The molecular weight excluding hydrogens is 246 g/mol. The van der Waals surface area contributed by atoms with E-state index in [1.54, 1.807) is 6.92 Å². The molecule has 3 rings (SSSR count). The summed E-state index contributed by atoms with van der Waals surface area (Å²) < 4.78 is 0. The van der Waals surface area contributed by atoms with E-state index in [0.717, 1.165) is 25.1 Å². The second kappa shape index (κ2) is 5.12. The number of anilines is 1. The summed E-state index contributed by atoms with van der Waals surface area (Å²) in [6.45, 7) is 4.58. The van der Waals surface area contributed by atoms with E-state index in [-0.39, 0.29) is 5.91 Å². The van der Waals surface area contributed by atoms with Crippen molar-refractivity contribution in [3.63, 3.8) is 0 Å². The molecular formula is C18H19NO. The van der Waals surface area contributed by atoms with Gasteiger partial charge in [-0.2, -0.15) is 0 Å². The Morgan fingerprint density at radius 1 is 1.15 bits per heavy atom. The van der Waals surface area contributed by atoms with Crippen molar-refractivity contribution in [2.24, 2.45) is 0 Å². The van der Waals surface area contributed by atoms with E-state index >= 15 is 0 Å². The Kier molecular flexibility index (Phi) is 3.31. The zero-order valence-corrected chi connectivity index (χ0v) is 12.0. The lowest BCUT2D eigenvalue weighted by Gasteiger charge is -2.31. The SMILES string of the molecule is CC(=O)N1CCCc2cccc(-c3cccc(C)c3)c21. The van der Waals surface area contributed by atoms with Crippen molar-refractivity contribution in [2.75, 3.05) is 11.4 Å². The average molecular weight is 265 g/mol. The number of para-hydroxylation sites is 1. The summed E-state index contributed by atoms with van der Waals surface area (Å²) in [4.78, 5) is 13.9. The van der Waals surface area contributed by atoms with E-state index in [9.17, 15) is 4.79 Å². The average Bonchev–Trinajstić information content (AvgIpc) is 2.46. The van der Waals surface area contributed by atoms with Gasteiger partial charge in [0, 0.05) is 19.0 Å². The number of amides is 1. The van der Waals surface area contributed by atoms with E-state index in [4.69, 9.17) is 0 Å². The topological polar surface area (TPSA) is 20.3 Å². The van der Waals surface area contributed by atoms with Crippen molar-refractivity contribution in [3.8, 4) is 11.1 Å². The molecule has 0 unspecified atom stereocenters. The van der Waals surface area contributed by atoms with Crippen LogP contribution in [0.4, 0.5) is 5.69 Å². The van der Waals surface area contributed by atoms with Crippen LogP contribution in [0.25, 0.3) is 11.1 Å². The van der Waals surface area contributed by atoms with E-state index in [2.05, 4.69) is 49.4 Å². The number of hydrogen-bond acceptors (Lipinski definition) is 1. The summed E-state index contributed by atoms with van der Waals surface area (Å²) in [5, 5.41) is 0. The van der Waals surface area contributed by atoms with Gasteiger partial charge in [-0.25, -0.2) is 0 Å². The van der Waals surface area contributed by atoms with Crippen LogP contribution in [0.3, 0.4) is 0 Å². The summed E-state index contributed by atoms with van der Waals surface area (Å²) in [5.74, 6) is 0.131. The van der Waals surface area contributed by atoms with Crippen LogP contribution < -0.4 is 4.90 Å². The minimum atomic E-state index is 0.131. The normalized spacial score (nSPS) is 14.0. The van der Waals surface area contributed by atoms with Gasteiger partial charge in [-0.05, 0) is 30.9 Å². The maximum absolute atomic E-state index is 11.9. The fraction of sp³-hybridized carbons (Fsp3) is 0.278. The lowest BCUT2D eigenvalue weighted by Crippen LogP contribution is -2.34. The van der Waals surface area contributed by atoms with Gasteiger partial charge in [0.05, 0.1) is 5.69 Å². The van der Waals surface area contributed by atoms with Gasteiger partial charge in [-0.15, -0.1) is 0 Å². The third-order valence-electron chi connectivity index (χ3n) is 3.93. The Morgan fingerprint density at radius 2 is 1.95 bits per heavy atom. The molecule has 0 aliphatic carbocycles. The van der Waals surface area contributed by atoms with Gasteiger partial charge in [0.25, 0.3) is 0 Å². The number of fused-ring (bicyclic) bond motifs is 1. The molecule has 2 nitrogen and oxygen atoms in total. The molecule has 0 fully saturated rings. The molecule has 20 heavy (non-hydrogen) atoms. The third kappa shape index (κ3) is 2.22. The summed E-state index contributed by atoms with van der Waals surface area (Å²) in [6.07, 6.45) is 2.10. The van der Waals surface area contributed by atoms with Crippen molar-refractivity contribution in [1.82, 2.24) is 0 Å². The van der Waals surface area contributed by atoms with Gasteiger partial charge < -0.3 is 4.90 Å². The van der Waals surface area contributed by atoms with Crippen molar-refractivity contribution < 1.29 is 4.79 Å². The van der Waals surface area contributed by atoms with Gasteiger partial charge in [-0.3, -0.25) is 4.79 Å². The van der Waals surface area contributed by atoms with E-state index in [1.165, 1.54) is 22.3 Å². The van der Waals surface area contributed by atoms with Crippen molar-refractivity contribution in [3.05, 3.63) is 53.6 Å². The fourth-order valence-corrected chi connectivity index (χ4v) is 3.01. The first-order valence-corrected chi connectivity index (χ1v) is 7.14. The molecule has 0 atom stereocenters. The number of benzene rings is 2. The minimum Gasteiger partial charge on any atom is -0.312 e. The summed E-state index contributed by atoms with van der Waals surface area (Å²) >= 11 is 0. The van der Waals surface area contributed by atoms with Gasteiger partial charge in [0.1, 0.15) is 0 Å². The van der Waals surface area contributed by atoms with E-state index in [0.29, 0.717) is 0 Å². The summed E-state index contributed by atoms with van der Waals surface area (Å²) in [6, 6.07) is 14.8. The summed E-state index contributed by atoms with van der Waals surface area (Å²) in [7, 11) is 0. The quantitative estimate of drug-likeness (QED) is 0.764. The molecule has 0 spiro atoms. The highest BCUT2D eigenvalue weighted by molar-refractivity contribution is 5.98. The maximum Gasteiger partial charge on any atom is 0.223 e. The van der Waals surface area contributed by atoms with Gasteiger partial charge in [0.15, 0.2) is 0 Å². The Balaban J connectivity index is 2.20. The smallest absolute Gasteiger partial charge is 0.223 e. The molecule has 0 bridgehead atoms. The highest BCUT2D eigenvalue weighted by atomic mass is 16.2. The molecule has 2 aromatic carbocycles. The minimum absolute atomic E-state index is 0.131. The summed E-state index contributed by atoms with van der Waals surface area (Å²) in [5.41, 5.74) is 5.99. The van der Waals surface area contributed by atoms with Crippen molar-refractivity contribution in [1.29, 1.82) is 0 Å². The van der Waals surface area contributed by atoms with Crippen LogP contribution in [0.5, 0.6) is 0 Å². The largest absolute Gasteiger partial charge is 0.312 e. The lowest BCUT2D eigenvalue weighted by molar-refractivity contribution is -0.116.